The molecule has 0 spiro atoms. The maximum Gasteiger partial charge on any atom is 0.416 e. The van der Waals surface area contributed by atoms with Gasteiger partial charge in [0, 0.05) is 12.3 Å². The van der Waals surface area contributed by atoms with E-state index in [0.29, 0.717) is 5.69 Å². The predicted octanol–water partition coefficient (Wildman–Crippen LogP) is 2.74. The summed E-state index contributed by atoms with van der Waals surface area (Å²) in [6.45, 7) is 3.40. The number of alkyl halides is 3. The van der Waals surface area contributed by atoms with Gasteiger partial charge in [0.05, 0.1) is 11.6 Å². The minimum atomic E-state index is -4.38. The molecule has 128 valence electrons. The maximum absolute atomic E-state index is 12.5. The number of hydrogen-bond acceptors (Lipinski definition) is 3. The zero-order valence-corrected chi connectivity index (χ0v) is 12.9. The standard InChI is InChI=1S/C16H21F3N2O2/c1-11(21-8-6-12(10-22)7-9-21)15(23)20-14-4-2-13(3-5-14)16(17,18)19/h2-5,11-12,22H,6-10H2,1H3,(H,20,23). The van der Waals surface area contributed by atoms with Gasteiger partial charge in [0.25, 0.3) is 0 Å². The third-order valence-corrected chi connectivity index (χ3v) is 4.31. The second-order valence-corrected chi connectivity index (χ2v) is 5.90. The number of piperidine rings is 1. The number of likely N-dealkylation sites (tertiary alicyclic amines) is 1. The van der Waals surface area contributed by atoms with Crippen LogP contribution in [0.3, 0.4) is 0 Å². The Balaban J connectivity index is 1.91. The first-order valence-electron chi connectivity index (χ1n) is 7.64. The normalized spacial score (nSPS) is 18.7. The molecule has 1 fully saturated rings. The molecule has 2 N–H and O–H groups in total. The molecule has 23 heavy (non-hydrogen) atoms. The summed E-state index contributed by atoms with van der Waals surface area (Å²) in [6, 6.07) is 4.05. The minimum Gasteiger partial charge on any atom is -0.396 e. The van der Waals surface area contributed by atoms with E-state index in [1.807, 2.05) is 4.90 Å². The molecule has 4 nitrogen and oxygen atoms in total. The Labute approximate surface area is 133 Å². The molecular formula is C16H21F3N2O2. The van der Waals surface area contributed by atoms with Gasteiger partial charge in [-0.05, 0) is 63.0 Å². The van der Waals surface area contributed by atoms with Crippen LogP contribution in [0.25, 0.3) is 0 Å². The molecule has 1 amide bonds. The maximum atomic E-state index is 12.5. The molecule has 0 aromatic heterocycles. The Bertz CT molecular complexity index is 523. The lowest BCUT2D eigenvalue weighted by atomic mass is 9.97. The first-order valence-corrected chi connectivity index (χ1v) is 7.64. The lowest BCUT2D eigenvalue weighted by molar-refractivity contribution is -0.137. The molecule has 0 radical (unpaired) electrons. The van der Waals surface area contributed by atoms with E-state index >= 15 is 0 Å². The van der Waals surface area contributed by atoms with Crippen LogP contribution in [0.2, 0.25) is 0 Å². The second-order valence-electron chi connectivity index (χ2n) is 5.90. The lowest BCUT2D eigenvalue weighted by Gasteiger charge is -2.34. The molecule has 7 heteroatoms. The summed E-state index contributed by atoms with van der Waals surface area (Å²) in [7, 11) is 0. The molecule has 1 aliphatic heterocycles. The van der Waals surface area contributed by atoms with Crippen LogP contribution in [-0.2, 0) is 11.0 Å². The van der Waals surface area contributed by atoms with Gasteiger partial charge in [-0.25, -0.2) is 0 Å². The Hall–Kier alpha value is -1.60. The zero-order valence-electron chi connectivity index (χ0n) is 12.9. The van der Waals surface area contributed by atoms with Gasteiger partial charge in [-0.1, -0.05) is 0 Å². The van der Waals surface area contributed by atoms with Crippen molar-refractivity contribution in [1.29, 1.82) is 0 Å². The fraction of sp³-hybridized carbons (Fsp3) is 0.562. The van der Waals surface area contributed by atoms with Crippen LogP contribution in [0.5, 0.6) is 0 Å². The number of anilines is 1. The van der Waals surface area contributed by atoms with E-state index in [1.54, 1.807) is 6.92 Å². The largest absolute Gasteiger partial charge is 0.416 e. The van der Waals surface area contributed by atoms with Gasteiger partial charge in [-0.3, -0.25) is 9.69 Å². The van der Waals surface area contributed by atoms with Crippen LogP contribution in [0.4, 0.5) is 18.9 Å². The fourth-order valence-corrected chi connectivity index (χ4v) is 2.68. The molecule has 1 saturated heterocycles. The van der Waals surface area contributed by atoms with E-state index in [4.69, 9.17) is 5.11 Å². The molecule has 0 bridgehead atoms. The van der Waals surface area contributed by atoms with E-state index in [9.17, 15) is 18.0 Å². The van der Waals surface area contributed by atoms with E-state index in [1.165, 1.54) is 12.1 Å². The van der Waals surface area contributed by atoms with E-state index in [-0.39, 0.29) is 24.5 Å². The van der Waals surface area contributed by atoms with Crippen molar-refractivity contribution in [2.45, 2.75) is 32.0 Å². The molecule has 1 aliphatic rings. The predicted molar refractivity (Wildman–Crippen MR) is 80.9 cm³/mol. The van der Waals surface area contributed by atoms with Crippen molar-refractivity contribution in [2.24, 2.45) is 5.92 Å². The summed E-state index contributed by atoms with van der Waals surface area (Å²) in [5.41, 5.74) is -0.394. The molecule has 1 atom stereocenters. The summed E-state index contributed by atoms with van der Waals surface area (Å²) < 4.78 is 37.5. The number of carbonyl (C=O) groups excluding carboxylic acids is 1. The van der Waals surface area contributed by atoms with Crippen molar-refractivity contribution in [1.82, 2.24) is 4.90 Å². The van der Waals surface area contributed by atoms with Gasteiger partial charge < -0.3 is 10.4 Å². The van der Waals surface area contributed by atoms with E-state index in [2.05, 4.69) is 5.32 Å². The number of aliphatic hydroxyl groups excluding tert-OH is 1. The molecule has 1 aromatic rings. The van der Waals surface area contributed by atoms with Crippen LogP contribution in [0.1, 0.15) is 25.3 Å². The van der Waals surface area contributed by atoms with Crippen LogP contribution in [0.15, 0.2) is 24.3 Å². The second kappa shape index (κ2) is 7.31. The number of rotatable bonds is 4. The summed E-state index contributed by atoms with van der Waals surface area (Å²) >= 11 is 0. The highest BCUT2D eigenvalue weighted by Crippen LogP contribution is 2.29. The quantitative estimate of drug-likeness (QED) is 0.892. The average Bonchev–Trinajstić information content (AvgIpc) is 2.54. The first-order chi connectivity index (χ1) is 10.8. The third kappa shape index (κ3) is 4.68. The SMILES string of the molecule is CC(C(=O)Nc1ccc(C(F)(F)F)cc1)N1CCC(CO)CC1. The molecule has 1 aromatic carbocycles. The van der Waals surface area contributed by atoms with Crippen molar-refractivity contribution in [2.75, 3.05) is 25.0 Å². The monoisotopic (exact) mass is 330 g/mol. The number of amides is 1. The Morgan fingerprint density at radius 2 is 1.87 bits per heavy atom. The third-order valence-electron chi connectivity index (χ3n) is 4.31. The number of nitrogens with zero attached hydrogens (tertiary/aromatic N) is 1. The van der Waals surface area contributed by atoms with Crippen LogP contribution >= 0.6 is 0 Å². The van der Waals surface area contributed by atoms with E-state index < -0.39 is 11.7 Å². The lowest BCUT2D eigenvalue weighted by Crippen LogP contribution is -2.46. The van der Waals surface area contributed by atoms with Crippen molar-refractivity contribution in [3.05, 3.63) is 29.8 Å². The number of hydrogen-bond donors (Lipinski definition) is 2. The molecule has 1 heterocycles. The number of carbonyl (C=O) groups is 1. The average molecular weight is 330 g/mol. The Kier molecular flexibility index (Phi) is 5.64. The smallest absolute Gasteiger partial charge is 0.396 e. The highest BCUT2D eigenvalue weighted by Gasteiger charge is 2.30. The topological polar surface area (TPSA) is 52.6 Å². The summed E-state index contributed by atoms with van der Waals surface area (Å²) in [5.74, 6) is 0.0450. The molecule has 0 saturated carbocycles. The summed E-state index contributed by atoms with van der Waals surface area (Å²) in [6.07, 6.45) is -2.70. The van der Waals surface area contributed by atoms with Crippen LogP contribution < -0.4 is 5.32 Å². The molecule has 2 rings (SSSR count). The number of halogens is 3. The van der Waals surface area contributed by atoms with Gasteiger partial charge in [-0.2, -0.15) is 13.2 Å². The van der Waals surface area contributed by atoms with Crippen molar-refractivity contribution < 1.29 is 23.1 Å². The number of aliphatic hydroxyl groups is 1. The number of benzene rings is 1. The summed E-state index contributed by atoms with van der Waals surface area (Å²) in [5, 5.41) is 11.8. The van der Waals surface area contributed by atoms with Gasteiger partial charge in [0.15, 0.2) is 0 Å². The van der Waals surface area contributed by atoms with Gasteiger partial charge in [0.2, 0.25) is 5.91 Å². The van der Waals surface area contributed by atoms with Crippen molar-refractivity contribution in [3.63, 3.8) is 0 Å². The highest BCUT2D eigenvalue weighted by atomic mass is 19.4. The van der Waals surface area contributed by atoms with Crippen LogP contribution in [0, 0.1) is 5.92 Å². The molecular weight excluding hydrogens is 309 g/mol. The van der Waals surface area contributed by atoms with Gasteiger partial charge in [0.1, 0.15) is 0 Å². The zero-order chi connectivity index (χ0) is 17.0. The summed E-state index contributed by atoms with van der Waals surface area (Å²) in [4.78, 5) is 14.2. The van der Waals surface area contributed by atoms with Crippen LogP contribution in [-0.4, -0.2) is 41.7 Å². The Morgan fingerprint density at radius 1 is 1.30 bits per heavy atom. The van der Waals surface area contributed by atoms with E-state index in [0.717, 1.165) is 38.1 Å². The Morgan fingerprint density at radius 3 is 2.35 bits per heavy atom. The van der Waals surface area contributed by atoms with Crippen molar-refractivity contribution >= 4 is 11.6 Å². The molecule has 0 aliphatic carbocycles. The highest BCUT2D eigenvalue weighted by molar-refractivity contribution is 5.94. The van der Waals surface area contributed by atoms with Crippen molar-refractivity contribution in [3.8, 4) is 0 Å². The minimum absolute atomic E-state index is 0.167. The fourth-order valence-electron chi connectivity index (χ4n) is 2.68. The number of nitrogens with one attached hydrogen (secondary N) is 1. The van der Waals surface area contributed by atoms with Gasteiger partial charge >= 0.3 is 6.18 Å². The first kappa shape index (κ1) is 17.7. The van der Waals surface area contributed by atoms with Gasteiger partial charge in [-0.15, -0.1) is 0 Å². The molecule has 1 unspecified atom stereocenters.